The number of rotatable bonds is 5. The molecule has 6 nitrogen and oxygen atoms in total. The molecule has 0 aliphatic carbocycles. The van der Waals surface area contributed by atoms with Crippen LogP contribution in [0.4, 0.5) is 5.13 Å². The van der Waals surface area contributed by atoms with E-state index in [1.54, 1.807) is 44.7 Å². The third-order valence-electron chi connectivity index (χ3n) is 3.32. The lowest BCUT2D eigenvalue weighted by Gasteiger charge is -2.04. The number of nitrogens with zero attached hydrogens (tertiary/aromatic N) is 2. The highest BCUT2D eigenvalue weighted by Crippen LogP contribution is 2.30. The molecule has 3 aromatic rings. The summed E-state index contributed by atoms with van der Waals surface area (Å²) in [5.41, 5.74) is 2.02. The molecule has 0 bridgehead atoms. The Morgan fingerprint density at radius 1 is 1.12 bits per heavy atom. The van der Waals surface area contributed by atoms with E-state index in [1.165, 1.54) is 11.3 Å². The van der Waals surface area contributed by atoms with E-state index in [0.29, 0.717) is 28.0 Å². The first-order chi connectivity index (χ1) is 11.7. The normalized spacial score (nSPS) is 10.2. The van der Waals surface area contributed by atoms with Crippen molar-refractivity contribution in [2.24, 2.45) is 0 Å². The van der Waals surface area contributed by atoms with Crippen molar-refractivity contribution >= 4 is 22.4 Å². The maximum atomic E-state index is 12.3. The number of thiazole rings is 1. The average molecular weight is 341 g/mol. The number of nitrogens with one attached hydrogen (secondary N) is 1. The van der Waals surface area contributed by atoms with Crippen LogP contribution in [0.25, 0.3) is 11.3 Å². The fourth-order valence-electron chi connectivity index (χ4n) is 2.11. The van der Waals surface area contributed by atoms with E-state index >= 15 is 0 Å². The molecule has 0 unspecified atom stereocenters. The van der Waals surface area contributed by atoms with Crippen molar-refractivity contribution in [1.82, 2.24) is 9.97 Å². The smallest absolute Gasteiger partial charge is 0.257 e. The van der Waals surface area contributed by atoms with E-state index in [-0.39, 0.29) is 5.91 Å². The van der Waals surface area contributed by atoms with Crippen molar-refractivity contribution in [3.8, 4) is 22.9 Å². The van der Waals surface area contributed by atoms with Gasteiger partial charge in [0.1, 0.15) is 5.75 Å². The molecular formula is C17H15N3O3S. The van der Waals surface area contributed by atoms with Crippen LogP contribution < -0.4 is 14.8 Å². The quantitative estimate of drug-likeness (QED) is 0.769. The Bertz CT molecular complexity index is 846. The van der Waals surface area contributed by atoms with Crippen LogP contribution >= 0.6 is 11.3 Å². The van der Waals surface area contributed by atoms with Crippen LogP contribution in [-0.2, 0) is 0 Å². The highest BCUT2D eigenvalue weighted by molar-refractivity contribution is 7.14. The number of benzene rings is 1. The summed E-state index contributed by atoms with van der Waals surface area (Å²) in [6.45, 7) is 0. The third kappa shape index (κ3) is 3.36. The number of hydrogen-bond donors (Lipinski definition) is 1. The Hall–Kier alpha value is -2.93. The Morgan fingerprint density at radius 3 is 2.62 bits per heavy atom. The number of hydrogen-bond acceptors (Lipinski definition) is 6. The van der Waals surface area contributed by atoms with Gasteiger partial charge in [0.05, 0.1) is 25.5 Å². The summed E-state index contributed by atoms with van der Waals surface area (Å²) in [7, 11) is 3.14. The summed E-state index contributed by atoms with van der Waals surface area (Å²) in [5.74, 6) is 0.972. The molecule has 0 atom stereocenters. The molecule has 2 aromatic heterocycles. The van der Waals surface area contributed by atoms with Crippen LogP contribution in [0.3, 0.4) is 0 Å². The molecular weight excluding hydrogens is 326 g/mol. The summed E-state index contributed by atoms with van der Waals surface area (Å²) in [5, 5.41) is 5.15. The molecule has 1 amide bonds. The second-order valence-corrected chi connectivity index (χ2v) is 5.64. The molecule has 3 rings (SSSR count). The number of anilines is 1. The molecule has 1 N–H and O–H groups in total. The summed E-state index contributed by atoms with van der Waals surface area (Å²) < 4.78 is 10.3. The predicted molar refractivity (Wildman–Crippen MR) is 92.8 cm³/mol. The zero-order valence-electron chi connectivity index (χ0n) is 13.1. The van der Waals surface area contributed by atoms with Crippen molar-refractivity contribution in [1.29, 1.82) is 0 Å². The Labute approximate surface area is 143 Å². The second kappa shape index (κ2) is 7.10. The van der Waals surface area contributed by atoms with E-state index in [2.05, 4.69) is 15.3 Å². The largest absolute Gasteiger partial charge is 0.497 e. The molecule has 1 aromatic carbocycles. The SMILES string of the molecule is COc1ccc(C(=O)Nc2nc(-c3cccnc3OC)cs2)cc1. The van der Waals surface area contributed by atoms with E-state index in [9.17, 15) is 4.79 Å². The van der Waals surface area contributed by atoms with Gasteiger partial charge in [0, 0.05) is 17.1 Å². The topological polar surface area (TPSA) is 73.3 Å². The summed E-state index contributed by atoms with van der Waals surface area (Å²) in [6, 6.07) is 10.6. The van der Waals surface area contributed by atoms with E-state index in [1.807, 2.05) is 17.5 Å². The Balaban J connectivity index is 1.77. The summed E-state index contributed by atoms with van der Waals surface area (Å²) in [4.78, 5) is 20.8. The maximum Gasteiger partial charge on any atom is 0.257 e. The molecule has 0 aliphatic heterocycles. The van der Waals surface area contributed by atoms with E-state index < -0.39 is 0 Å². The van der Waals surface area contributed by atoms with Crippen LogP contribution in [0.1, 0.15) is 10.4 Å². The molecule has 0 spiro atoms. The minimum Gasteiger partial charge on any atom is -0.497 e. The molecule has 0 saturated carbocycles. The number of pyridine rings is 1. The highest BCUT2D eigenvalue weighted by atomic mass is 32.1. The molecule has 122 valence electrons. The minimum atomic E-state index is -0.225. The molecule has 7 heteroatoms. The highest BCUT2D eigenvalue weighted by Gasteiger charge is 2.13. The summed E-state index contributed by atoms with van der Waals surface area (Å²) >= 11 is 1.34. The first-order valence-corrected chi connectivity index (χ1v) is 7.99. The lowest BCUT2D eigenvalue weighted by molar-refractivity contribution is 0.102. The van der Waals surface area contributed by atoms with Crippen molar-refractivity contribution in [3.05, 3.63) is 53.5 Å². The van der Waals surface area contributed by atoms with Gasteiger partial charge in [-0.1, -0.05) is 0 Å². The van der Waals surface area contributed by atoms with Crippen molar-refractivity contribution in [2.75, 3.05) is 19.5 Å². The lowest BCUT2D eigenvalue weighted by Crippen LogP contribution is -2.11. The molecule has 2 heterocycles. The molecule has 0 saturated heterocycles. The van der Waals surface area contributed by atoms with E-state index in [0.717, 1.165) is 5.56 Å². The van der Waals surface area contributed by atoms with Gasteiger partial charge >= 0.3 is 0 Å². The van der Waals surface area contributed by atoms with Crippen molar-refractivity contribution in [3.63, 3.8) is 0 Å². The number of carbonyl (C=O) groups excluding carboxylic acids is 1. The average Bonchev–Trinajstić information content (AvgIpc) is 3.10. The number of ether oxygens (including phenoxy) is 2. The van der Waals surface area contributed by atoms with Gasteiger partial charge in [-0.3, -0.25) is 10.1 Å². The van der Waals surface area contributed by atoms with Crippen LogP contribution in [0.2, 0.25) is 0 Å². The molecule has 24 heavy (non-hydrogen) atoms. The van der Waals surface area contributed by atoms with Crippen LogP contribution in [0.5, 0.6) is 11.6 Å². The van der Waals surface area contributed by atoms with Crippen LogP contribution in [0.15, 0.2) is 48.0 Å². The molecule has 0 aliphatic rings. The van der Waals surface area contributed by atoms with E-state index in [4.69, 9.17) is 9.47 Å². The number of amides is 1. The Kier molecular flexibility index (Phi) is 4.72. The number of aromatic nitrogens is 2. The van der Waals surface area contributed by atoms with Crippen LogP contribution in [-0.4, -0.2) is 30.1 Å². The zero-order chi connectivity index (χ0) is 16.9. The van der Waals surface area contributed by atoms with Gasteiger partial charge in [0.2, 0.25) is 5.88 Å². The third-order valence-corrected chi connectivity index (χ3v) is 4.08. The first-order valence-electron chi connectivity index (χ1n) is 7.11. The standard InChI is InChI=1S/C17H15N3O3S/c1-22-12-7-5-11(6-8-12)15(21)20-17-19-14(10-24-17)13-4-3-9-18-16(13)23-2/h3-10H,1-2H3,(H,19,20,21). The van der Waals surface area contributed by atoms with Gasteiger partial charge in [-0.15, -0.1) is 11.3 Å². The first kappa shape index (κ1) is 15.9. The van der Waals surface area contributed by atoms with Gasteiger partial charge in [-0.2, -0.15) is 0 Å². The van der Waals surface area contributed by atoms with Crippen molar-refractivity contribution < 1.29 is 14.3 Å². The maximum absolute atomic E-state index is 12.3. The number of carbonyl (C=O) groups is 1. The minimum absolute atomic E-state index is 0.225. The monoisotopic (exact) mass is 341 g/mol. The fourth-order valence-corrected chi connectivity index (χ4v) is 2.82. The lowest BCUT2D eigenvalue weighted by atomic mass is 10.2. The van der Waals surface area contributed by atoms with Gasteiger partial charge in [-0.25, -0.2) is 9.97 Å². The van der Waals surface area contributed by atoms with Gasteiger partial charge in [0.15, 0.2) is 5.13 Å². The van der Waals surface area contributed by atoms with Gasteiger partial charge in [0.25, 0.3) is 5.91 Å². The summed E-state index contributed by atoms with van der Waals surface area (Å²) in [6.07, 6.45) is 1.65. The fraction of sp³-hybridized carbons (Fsp3) is 0.118. The predicted octanol–water partition coefficient (Wildman–Crippen LogP) is 3.47. The van der Waals surface area contributed by atoms with Crippen molar-refractivity contribution in [2.45, 2.75) is 0 Å². The van der Waals surface area contributed by atoms with Crippen LogP contribution in [0, 0.1) is 0 Å². The molecule has 0 radical (unpaired) electrons. The Morgan fingerprint density at radius 2 is 1.92 bits per heavy atom. The number of methoxy groups -OCH3 is 2. The molecule has 0 fully saturated rings. The zero-order valence-corrected chi connectivity index (χ0v) is 14.0. The van der Waals surface area contributed by atoms with Gasteiger partial charge < -0.3 is 9.47 Å². The van der Waals surface area contributed by atoms with Gasteiger partial charge in [-0.05, 0) is 36.4 Å². The second-order valence-electron chi connectivity index (χ2n) is 4.78.